The maximum atomic E-state index is 14.2. The van der Waals surface area contributed by atoms with Crippen LogP contribution in [0.3, 0.4) is 0 Å². The number of hydrogen-bond acceptors (Lipinski definition) is 3. The summed E-state index contributed by atoms with van der Waals surface area (Å²) in [7, 11) is 0. The highest BCUT2D eigenvalue weighted by atomic mass is 35.5. The van der Waals surface area contributed by atoms with Crippen molar-refractivity contribution in [2.24, 2.45) is 4.99 Å². The van der Waals surface area contributed by atoms with E-state index in [0.717, 1.165) is 11.6 Å². The molecule has 0 bridgehead atoms. The summed E-state index contributed by atoms with van der Waals surface area (Å²) >= 11 is 6.12. The van der Waals surface area contributed by atoms with Gasteiger partial charge in [-0.3, -0.25) is 14.8 Å². The van der Waals surface area contributed by atoms with E-state index in [1.165, 1.54) is 9.13 Å². The van der Waals surface area contributed by atoms with Gasteiger partial charge in [0.25, 0.3) is 5.56 Å². The maximum absolute atomic E-state index is 14.2. The molecule has 6 nitrogen and oxygen atoms in total. The van der Waals surface area contributed by atoms with Crippen LogP contribution in [0.4, 0.5) is 4.39 Å². The third kappa shape index (κ3) is 2.01. The van der Waals surface area contributed by atoms with E-state index in [2.05, 4.69) is 16.7 Å². The Morgan fingerprint density at radius 1 is 1.54 bits per heavy atom. The number of hydrogen-bond donors (Lipinski definition) is 1. The van der Waals surface area contributed by atoms with Crippen LogP contribution >= 0.6 is 11.6 Å². The van der Waals surface area contributed by atoms with Crippen LogP contribution < -0.4 is 15.8 Å². The van der Waals surface area contributed by atoms with Gasteiger partial charge in [-0.05, 0) is 44.7 Å². The van der Waals surface area contributed by atoms with Gasteiger partial charge >= 0.3 is 11.3 Å². The zero-order valence-corrected chi connectivity index (χ0v) is 14.1. The first-order valence-corrected chi connectivity index (χ1v) is 7.64. The lowest BCUT2D eigenvalue weighted by molar-refractivity contribution is -0.689. The van der Waals surface area contributed by atoms with Crippen LogP contribution in [0, 0.1) is 5.82 Å². The quantitative estimate of drug-likeness (QED) is 0.513. The molecular formula is C16H15ClFN4O2+. The second-order valence-electron chi connectivity index (χ2n) is 5.52. The van der Waals surface area contributed by atoms with Crippen molar-refractivity contribution in [1.29, 1.82) is 0 Å². The second kappa shape index (κ2) is 5.52. The molecule has 1 N–H and O–H groups in total. The Kier molecular flexibility index (Phi) is 3.76. The van der Waals surface area contributed by atoms with E-state index in [1.54, 1.807) is 6.92 Å². The van der Waals surface area contributed by atoms with Crippen molar-refractivity contribution in [1.82, 2.24) is 9.55 Å². The van der Waals surface area contributed by atoms with Crippen molar-refractivity contribution >= 4 is 35.0 Å². The van der Waals surface area contributed by atoms with E-state index >= 15 is 0 Å². The van der Waals surface area contributed by atoms with Crippen LogP contribution in [0.15, 0.2) is 38.0 Å². The van der Waals surface area contributed by atoms with E-state index in [4.69, 9.17) is 11.6 Å². The van der Waals surface area contributed by atoms with Gasteiger partial charge in [-0.15, -0.1) is 4.57 Å². The Bertz CT molecular complexity index is 1080. The van der Waals surface area contributed by atoms with Gasteiger partial charge in [0.2, 0.25) is 5.15 Å². The fourth-order valence-electron chi connectivity index (χ4n) is 3.02. The van der Waals surface area contributed by atoms with Gasteiger partial charge in [0, 0.05) is 6.07 Å². The highest BCUT2D eigenvalue weighted by Gasteiger charge is 2.38. The van der Waals surface area contributed by atoms with Crippen molar-refractivity contribution in [3.8, 4) is 0 Å². The highest BCUT2D eigenvalue weighted by Crippen LogP contribution is 2.33. The summed E-state index contributed by atoms with van der Waals surface area (Å²) in [5.41, 5.74) is 0.654. The third-order valence-corrected chi connectivity index (χ3v) is 4.62. The smallest absolute Gasteiger partial charge is 0.268 e. The van der Waals surface area contributed by atoms with E-state index in [0.29, 0.717) is 11.4 Å². The van der Waals surface area contributed by atoms with E-state index < -0.39 is 23.1 Å². The minimum Gasteiger partial charge on any atom is -0.268 e. The lowest BCUT2D eigenvalue weighted by Crippen LogP contribution is -2.50. The van der Waals surface area contributed by atoms with E-state index in [1.807, 2.05) is 19.9 Å². The summed E-state index contributed by atoms with van der Waals surface area (Å²) in [6.07, 6.45) is 1.82. The normalized spacial score (nSPS) is 17.5. The number of aromatic amines is 1. The predicted molar refractivity (Wildman–Crippen MR) is 90.9 cm³/mol. The van der Waals surface area contributed by atoms with Gasteiger partial charge in [0.15, 0.2) is 11.5 Å². The molecule has 24 heavy (non-hydrogen) atoms. The zero-order chi connectivity index (χ0) is 17.8. The highest BCUT2D eigenvalue weighted by molar-refractivity contribution is 6.28. The number of aromatic nitrogens is 3. The number of nitrogens with one attached hydrogen (secondary N) is 1. The molecule has 0 aromatic carbocycles. The Morgan fingerprint density at radius 3 is 2.79 bits per heavy atom. The summed E-state index contributed by atoms with van der Waals surface area (Å²) in [5.74, 6) is -0.749. The SMILES string of the molecule is C=NC1=C(/C(C)=C\C)n2c(=O)[nH]c(=O)c3cc(F)c(Cl)[n+](c32)C1C. The Hall–Kier alpha value is -2.54. The summed E-state index contributed by atoms with van der Waals surface area (Å²) in [6.45, 7) is 8.96. The number of halogens is 2. The summed E-state index contributed by atoms with van der Waals surface area (Å²) in [5, 5.41) is -0.167. The maximum Gasteiger partial charge on any atom is 0.421 e. The van der Waals surface area contributed by atoms with Gasteiger partial charge in [0.05, 0.1) is 0 Å². The lowest BCUT2D eigenvalue weighted by atomic mass is 10.0. The number of pyridine rings is 1. The lowest BCUT2D eigenvalue weighted by Gasteiger charge is -2.23. The molecule has 0 saturated heterocycles. The Morgan fingerprint density at radius 2 is 2.21 bits per heavy atom. The first kappa shape index (κ1) is 16.3. The molecule has 2 aromatic heterocycles. The zero-order valence-electron chi connectivity index (χ0n) is 13.4. The van der Waals surface area contributed by atoms with Crippen molar-refractivity contribution in [2.45, 2.75) is 26.8 Å². The fraction of sp³-hybridized carbons (Fsp3) is 0.250. The summed E-state index contributed by atoms with van der Waals surface area (Å²) < 4.78 is 16.9. The number of allylic oxidation sites excluding steroid dienone is 4. The monoisotopic (exact) mass is 349 g/mol. The van der Waals surface area contributed by atoms with Crippen LogP contribution in [0.1, 0.15) is 26.8 Å². The van der Waals surface area contributed by atoms with Crippen LogP contribution in [0.2, 0.25) is 5.15 Å². The van der Waals surface area contributed by atoms with E-state index in [-0.39, 0.29) is 16.2 Å². The first-order valence-electron chi connectivity index (χ1n) is 7.26. The molecule has 0 amide bonds. The topological polar surface area (TPSA) is 71.1 Å². The van der Waals surface area contributed by atoms with Crippen molar-refractivity contribution in [3.63, 3.8) is 0 Å². The molecule has 2 aromatic rings. The van der Waals surface area contributed by atoms with E-state index in [9.17, 15) is 14.0 Å². The number of H-pyrrole nitrogens is 1. The number of rotatable bonds is 2. The minimum atomic E-state index is -0.749. The molecule has 1 aliphatic rings. The number of nitrogens with zero attached hydrogens (tertiary/aromatic N) is 3. The molecule has 1 aliphatic heterocycles. The Balaban J connectivity index is 2.70. The molecule has 0 radical (unpaired) electrons. The minimum absolute atomic E-state index is 0.0351. The molecule has 0 aliphatic carbocycles. The van der Waals surface area contributed by atoms with Crippen molar-refractivity contribution in [2.75, 3.05) is 0 Å². The molecule has 124 valence electrons. The largest absolute Gasteiger partial charge is 0.421 e. The molecule has 0 spiro atoms. The first-order chi connectivity index (χ1) is 11.3. The Labute approximate surface area is 141 Å². The molecule has 0 fully saturated rings. The van der Waals surface area contributed by atoms with Crippen LogP contribution in [0.25, 0.3) is 16.7 Å². The van der Waals surface area contributed by atoms with Gasteiger partial charge < -0.3 is 0 Å². The van der Waals surface area contributed by atoms with Crippen LogP contribution in [-0.2, 0) is 0 Å². The molecule has 0 saturated carbocycles. The van der Waals surface area contributed by atoms with Crippen LogP contribution in [-0.4, -0.2) is 16.3 Å². The molecule has 1 unspecified atom stereocenters. The van der Waals surface area contributed by atoms with Gasteiger partial charge in [0.1, 0.15) is 17.1 Å². The van der Waals surface area contributed by atoms with Gasteiger partial charge in [-0.2, -0.15) is 0 Å². The van der Waals surface area contributed by atoms with Crippen LogP contribution in [0.5, 0.6) is 0 Å². The summed E-state index contributed by atoms with van der Waals surface area (Å²) in [6, 6.07) is 0.532. The third-order valence-electron chi connectivity index (χ3n) is 4.25. The number of aliphatic imine (C=N–C) groups is 1. The fourth-order valence-corrected chi connectivity index (χ4v) is 3.30. The average molecular weight is 350 g/mol. The predicted octanol–water partition coefficient (Wildman–Crippen LogP) is 2.18. The van der Waals surface area contributed by atoms with Crippen molar-refractivity contribution < 1.29 is 8.96 Å². The average Bonchev–Trinajstić information content (AvgIpc) is 2.55. The molecule has 8 heteroatoms. The molecular weight excluding hydrogens is 335 g/mol. The second-order valence-corrected chi connectivity index (χ2v) is 5.88. The summed E-state index contributed by atoms with van der Waals surface area (Å²) in [4.78, 5) is 30.9. The molecule has 1 atom stereocenters. The standard InChI is InChI=1S/C16H14ClFN4O2/c1-5-7(2)12-11(19-4)8(3)21-13(17)10(18)6-9-14(23)20-16(24)22(12)15(9)21/h5-6,8H,4H2,1-3H3/p+1/b7-5-. The van der Waals surface area contributed by atoms with Crippen molar-refractivity contribution in [3.05, 3.63) is 55.2 Å². The molecule has 3 rings (SSSR count). The molecule has 3 heterocycles. The van der Waals surface area contributed by atoms with Gasteiger partial charge in [-0.25, -0.2) is 13.8 Å². The van der Waals surface area contributed by atoms with Gasteiger partial charge in [-0.1, -0.05) is 6.08 Å².